The van der Waals surface area contributed by atoms with Crippen molar-refractivity contribution in [1.29, 1.82) is 0 Å². The molecule has 2 N–H and O–H groups in total. The lowest BCUT2D eigenvalue weighted by atomic mass is 10.0. The summed E-state index contributed by atoms with van der Waals surface area (Å²) in [6.45, 7) is 3.00. The molecular weight excluding hydrogens is 274 g/mol. The molecular formula is C14H19N3O4. The van der Waals surface area contributed by atoms with E-state index in [0.717, 1.165) is 5.56 Å². The number of carboxylic acids is 1. The summed E-state index contributed by atoms with van der Waals surface area (Å²) in [7, 11) is 0. The highest BCUT2D eigenvalue weighted by molar-refractivity contribution is 5.77. The van der Waals surface area contributed by atoms with Crippen molar-refractivity contribution in [3.63, 3.8) is 0 Å². The standard InChI is InChI=1S/C14H19N3O4/c1-2-17(12-9-21-8-11(12)13(18)19)14(20)16-7-10-4-3-5-15-6-10/h3-6,11-12H,2,7-9H2,1H3,(H,16,20)(H,18,19). The van der Waals surface area contributed by atoms with Crippen LogP contribution in [0.25, 0.3) is 0 Å². The average molecular weight is 293 g/mol. The van der Waals surface area contributed by atoms with Crippen molar-refractivity contribution in [1.82, 2.24) is 15.2 Å². The first-order valence-electron chi connectivity index (χ1n) is 6.87. The van der Waals surface area contributed by atoms with Crippen molar-refractivity contribution in [2.45, 2.75) is 19.5 Å². The maximum atomic E-state index is 12.2. The molecule has 2 unspecified atom stereocenters. The minimum atomic E-state index is -0.934. The lowest BCUT2D eigenvalue weighted by Crippen LogP contribution is -2.50. The van der Waals surface area contributed by atoms with Gasteiger partial charge in [-0.3, -0.25) is 9.78 Å². The Kier molecular flexibility index (Phi) is 5.10. The third-order valence-corrected chi connectivity index (χ3v) is 3.54. The maximum absolute atomic E-state index is 12.2. The number of nitrogens with one attached hydrogen (secondary N) is 1. The van der Waals surface area contributed by atoms with Gasteiger partial charge in [0.2, 0.25) is 0 Å². The number of hydrogen-bond donors (Lipinski definition) is 2. The van der Waals surface area contributed by atoms with Crippen LogP contribution in [-0.2, 0) is 16.1 Å². The topological polar surface area (TPSA) is 91.8 Å². The molecule has 0 saturated carbocycles. The van der Waals surface area contributed by atoms with Crippen LogP contribution in [0.1, 0.15) is 12.5 Å². The van der Waals surface area contributed by atoms with Gasteiger partial charge in [0.05, 0.1) is 19.3 Å². The molecule has 1 aliphatic heterocycles. The molecule has 114 valence electrons. The van der Waals surface area contributed by atoms with Crippen LogP contribution in [0.3, 0.4) is 0 Å². The molecule has 2 amide bonds. The zero-order valence-corrected chi connectivity index (χ0v) is 11.9. The summed E-state index contributed by atoms with van der Waals surface area (Å²) in [5, 5.41) is 12.0. The first-order chi connectivity index (χ1) is 10.1. The van der Waals surface area contributed by atoms with E-state index < -0.39 is 17.9 Å². The quantitative estimate of drug-likeness (QED) is 0.834. The van der Waals surface area contributed by atoms with Gasteiger partial charge in [-0.15, -0.1) is 0 Å². The largest absolute Gasteiger partial charge is 0.481 e. The number of carbonyl (C=O) groups is 2. The number of carboxylic acid groups (broad SMARTS) is 1. The predicted octanol–water partition coefficient (Wildman–Crippen LogP) is 0.713. The van der Waals surface area contributed by atoms with Crippen molar-refractivity contribution >= 4 is 12.0 Å². The molecule has 0 bridgehead atoms. The van der Waals surface area contributed by atoms with Gasteiger partial charge in [0.25, 0.3) is 0 Å². The first kappa shape index (κ1) is 15.2. The normalized spacial score (nSPS) is 21.0. The van der Waals surface area contributed by atoms with Crippen molar-refractivity contribution in [2.24, 2.45) is 5.92 Å². The third kappa shape index (κ3) is 3.69. The number of ether oxygens (including phenoxy) is 1. The predicted molar refractivity (Wildman–Crippen MR) is 74.6 cm³/mol. The molecule has 1 aromatic rings. The van der Waals surface area contributed by atoms with Gasteiger partial charge in [-0.2, -0.15) is 0 Å². The van der Waals surface area contributed by atoms with Crippen LogP contribution >= 0.6 is 0 Å². The van der Waals surface area contributed by atoms with Gasteiger partial charge in [0.15, 0.2) is 0 Å². The summed E-state index contributed by atoms with van der Waals surface area (Å²) in [5.41, 5.74) is 0.888. The molecule has 2 rings (SSSR count). The number of aromatic nitrogens is 1. The van der Waals surface area contributed by atoms with E-state index in [0.29, 0.717) is 13.1 Å². The molecule has 1 aliphatic rings. The maximum Gasteiger partial charge on any atom is 0.318 e. The molecule has 0 spiro atoms. The van der Waals surface area contributed by atoms with Crippen LogP contribution < -0.4 is 5.32 Å². The van der Waals surface area contributed by atoms with Gasteiger partial charge in [-0.25, -0.2) is 4.79 Å². The second kappa shape index (κ2) is 7.03. The van der Waals surface area contributed by atoms with Gasteiger partial charge >= 0.3 is 12.0 Å². The number of urea groups is 1. The lowest BCUT2D eigenvalue weighted by molar-refractivity contribution is -0.142. The zero-order chi connectivity index (χ0) is 15.2. The second-order valence-electron chi connectivity index (χ2n) is 4.86. The molecule has 7 heteroatoms. The van der Waals surface area contributed by atoms with Gasteiger partial charge < -0.3 is 20.1 Å². The highest BCUT2D eigenvalue weighted by atomic mass is 16.5. The number of rotatable bonds is 5. The molecule has 2 atom stereocenters. The van der Waals surface area contributed by atoms with Crippen molar-refractivity contribution in [3.8, 4) is 0 Å². The van der Waals surface area contributed by atoms with E-state index in [1.807, 2.05) is 13.0 Å². The number of carbonyl (C=O) groups excluding carboxylic acids is 1. The minimum absolute atomic E-state index is 0.145. The van der Waals surface area contributed by atoms with E-state index in [4.69, 9.17) is 4.74 Å². The Morgan fingerprint density at radius 2 is 2.33 bits per heavy atom. The van der Waals surface area contributed by atoms with Crippen LogP contribution in [0.2, 0.25) is 0 Å². The fourth-order valence-electron chi connectivity index (χ4n) is 2.40. The van der Waals surface area contributed by atoms with E-state index in [2.05, 4.69) is 10.3 Å². The Bertz CT molecular complexity index is 494. The second-order valence-corrected chi connectivity index (χ2v) is 4.86. The third-order valence-electron chi connectivity index (χ3n) is 3.54. The van der Waals surface area contributed by atoms with Crippen LogP contribution in [0.5, 0.6) is 0 Å². The van der Waals surface area contributed by atoms with E-state index in [-0.39, 0.29) is 19.2 Å². The molecule has 2 heterocycles. The van der Waals surface area contributed by atoms with Crippen LogP contribution in [-0.4, -0.2) is 52.8 Å². The van der Waals surface area contributed by atoms with Crippen LogP contribution in [0.15, 0.2) is 24.5 Å². The van der Waals surface area contributed by atoms with Crippen LogP contribution in [0, 0.1) is 5.92 Å². The fraction of sp³-hybridized carbons (Fsp3) is 0.500. The Balaban J connectivity index is 1.97. The summed E-state index contributed by atoms with van der Waals surface area (Å²) in [6, 6.07) is 2.94. The minimum Gasteiger partial charge on any atom is -0.481 e. The van der Waals surface area contributed by atoms with Crippen LogP contribution in [0.4, 0.5) is 4.79 Å². The highest BCUT2D eigenvalue weighted by Crippen LogP contribution is 2.20. The molecule has 21 heavy (non-hydrogen) atoms. The Morgan fingerprint density at radius 3 is 2.95 bits per heavy atom. The Morgan fingerprint density at radius 1 is 1.52 bits per heavy atom. The number of amides is 2. The van der Waals surface area contributed by atoms with Gasteiger partial charge in [-0.1, -0.05) is 6.07 Å². The Labute approximate surface area is 122 Å². The zero-order valence-electron chi connectivity index (χ0n) is 11.9. The summed E-state index contributed by atoms with van der Waals surface area (Å²) in [4.78, 5) is 28.9. The van der Waals surface area contributed by atoms with Crippen molar-refractivity contribution in [3.05, 3.63) is 30.1 Å². The molecule has 0 aromatic carbocycles. The summed E-state index contributed by atoms with van der Waals surface area (Å²) in [5.74, 6) is -1.61. The van der Waals surface area contributed by atoms with Crippen molar-refractivity contribution in [2.75, 3.05) is 19.8 Å². The number of aliphatic carboxylic acids is 1. The number of nitrogens with zero attached hydrogens (tertiary/aromatic N) is 2. The highest BCUT2D eigenvalue weighted by Gasteiger charge is 2.39. The SMILES string of the molecule is CCN(C(=O)NCc1cccnc1)C1COCC1C(=O)O. The number of pyridine rings is 1. The summed E-state index contributed by atoms with van der Waals surface area (Å²) >= 11 is 0. The molecule has 1 aromatic heterocycles. The fourth-order valence-corrected chi connectivity index (χ4v) is 2.40. The molecule has 0 radical (unpaired) electrons. The van der Waals surface area contributed by atoms with E-state index >= 15 is 0 Å². The molecule has 1 fully saturated rings. The van der Waals surface area contributed by atoms with E-state index in [1.165, 1.54) is 4.90 Å². The molecule has 7 nitrogen and oxygen atoms in total. The van der Waals surface area contributed by atoms with E-state index in [1.54, 1.807) is 18.5 Å². The molecule has 1 saturated heterocycles. The van der Waals surface area contributed by atoms with Gasteiger partial charge in [0, 0.05) is 25.5 Å². The van der Waals surface area contributed by atoms with Crippen molar-refractivity contribution < 1.29 is 19.4 Å². The Hall–Kier alpha value is -2.15. The van der Waals surface area contributed by atoms with Gasteiger partial charge in [0.1, 0.15) is 5.92 Å². The summed E-state index contributed by atoms with van der Waals surface area (Å²) < 4.78 is 5.21. The smallest absolute Gasteiger partial charge is 0.318 e. The molecule has 0 aliphatic carbocycles. The van der Waals surface area contributed by atoms with Gasteiger partial charge in [-0.05, 0) is 18.6 Å². The summed E-state index contributed by atoms with van der Waals surface area (Å²) in [6.07, 6.45) is 3.34. The number of likely N-dealkylation sites (N-methyl/N-ethyl adjacent to an activating group) is 1. The lowest BCUT2D eigenvalue weighted by Gasteiger charge is -2.29. The first-order valence-corrected chi connectivity index (χ1v) is 6.87. The number of hydrogen-bond acceptors (Lipinski definition) is 4. The average Bonchev–Trinajstić information content (AvgIpc) is 2.96. The monoisotopic (exact) mass is 293 g/mol. The van der Waals surface area contributed by atoms with E-state index in [9.17, 15) is 14.7 Å².